The van der Waals surface area contributed by atoms with Crippen LogP contribution >= 0.6 is 0 Å². The first-order valence-electron chi connectivity index (χ1n) is 5.54. The van der Waals surface area contributed by atoms with Gasteiger partial charge in [0.2, 0.25) is 0 Å². The molecule has 0 spiro atoms. The molecule has 78 valence electrons. The van der Waals surface area contributed by atoms with Gasteiger partial charge in [-0.1, -0.05) is 37.3 Å². The number of nitrogens with two attached hydrogens (primary N) is 1. The Balaban J connectivity index is 2.17. The smallest absolute Gasteiger partial charge is 0.0314 e. The zero-order chi connectivity index (χ0) is 10.7. The van der Waals surface area contributed by atoms with Crippen LogP contribution in [0, 0.1) is 5.92 Å². The van der Waals surface area contributed by atoms with Gasteiger partial charge >= 0.3 is 0 Å². The van der Waals surface area contributed by atoms with E-state index in [9.17, 15) is 0 Å². The van der Waals surface area contributed by atoms with E-state index in [4.69, 9.17) is 5.73 Å². The highest BCUT2D eigenvalue weighted by atomic mass is 14.5. The number of hydrogen-bond donors (Lipinski definition) is 1. The fourth-order valence-corrected chi connectivity index (χ4v) is 1.86. The summed E-state index contributed by atoms with van der Waals surface area (Å²) in [6.07, 6.45) is 9.24. The number of hydrogen-bond acceptors (Lipinski definition) is 1. The fraction of sp³-hybridized carbons (Fsp3) is 0.286. The Morgan fingerprint density at radius 3 is 2.53 bits per heavy atom. The Hall–Kier alpha value is -1.50. The van der Waals surface area contributed by atoms with E-state index in [-0.39, 0.29) is 0 Å². The Bertz CT molecular complexity index is 384. The molecule has 1 heteroatoms. The van der Waals surface area contributed by atoms with E-state index < -0.39 is 0 Å². The van der Waals surface area contributed by atoms with Crippen molar-refractivity contribution in [1.82, 2.24) is 0 Å². The average molecular weight is 199 g/mol. The maximum atomic E-state index is 5.66. The summed E-state index contributed by atoms with van der Waals surface area (Å²) in [6.45, 7) is 2.23. The molecule has 0 aromatic heterocycles. The molecule has 2 rings (SSSR count). The second-order valence-electron chi connectivity index (χ2n) is 4.04. The summed E-state index contributed by atoms with van der Waals surface area (Å²) in [5.74, 6) is 0.725. The van der Waals surface area contributed by atoms with Crippen molar-refractivity contribution in [1.29, 1.82) is 0 Å². The van der Waals surface area contributed by atoms with Crippen LogP contribution in [-0.4, -0.2) is 0 Å². The molecule has 1 aromatic carbocycles. The largest absolute Gasteiger partial charge is 0.399 e. The van der Waals surface area contributed by atoms with Gasteiger partial charge < -0.3 is 5.73 Å². The standard InChI is InChI=1S/C14H17N/c1-2-11-3-5-12(6-4-11)13-7-9-14(15)10-8-13/h3,5-11H,2,4,15H2,1H3. The fourth-order valence-electron chi connectivity index (χ4n) is 1.86. The summed E-state index contributed by atoms with van der Waals surface area (Å²) in [4.78, 5) is 0. The van der Waals surface area contributed by atoms with Crippen LogP contribution in [-0.2, 0) is 0 Å². The van der Waals surface area contributed by atoms with Crippen molar-refractivity contribution in [3.05, 3.63) is 48.1 Å². The lowest BCUT2D eigenvalue weighted by Gasteiger charge is -2.14. The molecular formula is C14H17N. The van der Waals surface area contributed by atoms with Crippen molar-refractivity contribution in [2.45, 2.75) is 19.8 Å². The Morgan fingerprint density at radius 2 is 2.00 bits per heavy atom. The maximum Gasteiger partial charge on any atom is 0.0314 e. The molecule has 2 N–H and O–H groups in total. The SMILES string of the molecule is CCC1C=CC(c2ccc(N)cc2)=CC1. The zero-order valence-corrected chi connectivity index (χ0v) is 9.11. The predicted molar refractivity (Wildman–Crippen MR) is 66.4 cm³/mol. The molecule has 1 atom stereocenters. The zero-order valence-electron chi connectivity index (χ0n) is 9.11. The van der Waals surface area contributed by atoms with E-state index in [2.05, 4.69) is 37.3 Å². The van der Waals surface area contributed by atoms with Gasteiger partial charge in [-0.25, -0.2) is 0 Å². The summed E-state index contributed by atoms with van der Waals surface area (Å²) < 4.78 is 0. The lowest BCUT2D eigenvalue weighted by Crippen LogP contribution is -1.97. The molecule has 0 aliphatic heterocycles. The van der Waals surface area contributed by atoms with Crippen LogP contribution in [0.2, 0.25) is 0 Å². The van der Waals surface area contributed by atoms with Gasteiger partial charge in [0.15, 0.2) is 0 Å². The highest BCUT2D eigenvalue weighted by Gasteiger charge is 2.07. The van der Waals surface area contributed by atoms with Gasteiger partial charge in [-0.2, -0.15) is 0 Å². The lowest BCUT2D eigenvalue weighted by molar-refractivity contribution is 0.634. The monoisotopic (exact) mass is 199 g/mol. The van der Waals surface area contributed by atoms with Crippen LogP contribution in [0.5, 0.6) is 0 Å². The second-order valence-corrected chi connectivity index (χ2v) is 4.04. The van der Waals surface area contributed by atoms with Crippen LogP contribution in [0.1, 0.15) is 25.3 Å². The van der Waals surface area contributed by atoms with Crippen molar-refractivity contribution in [3.63, 3.8) is 0 Å². The normalized spacial score (nSPS) is 20.1. The molecule has 1 nitrogen and oxygen atoms in total. The van der Waals surface area contributed by atoms with Gasteiger partial charge in [-0.15, -0.1) is 0 Å². The molecule has 1 aromatic rings. The molecule has 1 aliphatic rings. The van der Waals surface area contributed by atoms with Crippen LogP contribution < -0.4 is 5.73 Å². The van der Waals surface area contributed by atoms with Crippen LogP contribution in [0.25, 0.3) is 5.57 Å². The predicted octanol–water partition coefficient (Wildman–Crippen LogP) is 3.64. The summed E-state index contributed by atoms with van der Waals surface area (Å²) in [5.41, 5.74) is 9.07. The third-order valence-corrected chi connectivity index (χ3v) is 2.96. The van der Waals surface area contributed by atoms with Crippen LogP contribution in [0.3, 0.4) is 0 Å². The Kier molecular flexibility index (Phi) is 2.91. The Morgan fingerprint density at radius 1 is 1.27 bits per heavy atom. The highest BCUT2D eigenvalue weighted by molar-refractivity contribution is 5.75. The minimum atomic E-state index is 0.725. The minimum absolute atomic E-state index is 0.725. The minimum Gasteiger partial charge on any atom is -0.399 e. The molecule has 0 saturated carbocycles. The third-order valence-electron chi connectivity index (χ3n) is 2.96. The number of nitrogen functional groups attached to an aromatic ring is 1. The molecule has 15 heavy (non-hydrogen) atoms. The topological polar surface area (TPSA) is 26.0 Å². The number of rotatable bonds is 2. The molecule has 0 bridgehead atoms. The lowest BCUT2D eigenvalue weighted by atomic mass is 9.91. The van der Waals surface area contributed by atoms with E-state index in [1.807, 2.05) is 12.1 Å². The summed E-state index contributed by atoms with van der Waals surface area (Å²) >= 11 is 0. The first-order valence-corrected chi connectivity index (χ1v) is 5.54. The highest BCUT2D eigenvalue weighted by Crippen LogP contribution is 2.25. The summed E-state index contributed by atoms with van der Waals surface area (Å²) in [7, 11) is 0. The van der Waals surface area contributed by atoms with E-state index >= 15 is 0 Å². The third kappa shape index (κ3) is 2.30. The molecule has 0 heterocycles. The van der Waals surface area contributed by atoms with Crippen molar-refractivity contribution < 1.29 is 0 Å². The van der Waals surface area contributed by atoms with Gasteiger partial charge in [-0.05, 0) is 42.0 Å². The van der Waals surface area contributed by atoms with Crippen molar-refractivity contribution in [2.24, 2.45) is 5.92 Å². The van der Waals surface area contributed by atoms with Gasteiger partial charge in [0.05, 0.1) is 0 Å². The first-order chi connectivity index (χ1) is 7.29. The van der Waals surface area contributed by atoms with Crippen LogP contribution in [0.15, 0.2) is 42.5 Å². The average Bonchev–Trinajstić information content (AvgIpc) is 2.30. The maximum absolute atomic E-state index is 5.66. The molecule has 0 radical (unpaired) electrons. The van der Waals surface area contributed by atoms with E-state index in [1.165, 1.54) is 17.6 Å². The molecule has 0 amide bonds. The van der Waals surface area contributed by atoms with E-state index in [0.717, 1.165) is 18.0 Å². The number of allylic oxidation sites excluding steroid dienone is 4. The van der Waals surface area contributed by atoms with Gasteiger partial charge in [-0.3, -0.25) is 0 Å². The van der Waals surface area contributed by atoms with Gasteiger partial charge in [0.25, 0.3) is 0 Å². The van der Waals surface area contributed by atoms with Gasteiger partial charge in [0, 0.05) is 5.69 Å². The van der Waals surface area contributed by atoms with Crippen molar-refractivity contribution in [3.8, 4) is 0 Å². The van der Waals surface area contributed by atoms with E-state index in [0.29, 0.717) is 0 Å². The molecule has 0 saturated heterocycles. The van der Waals surface area contributed by atoms with E-state index in [1.54, 1.807) is 0 Å². The molecule has 0 fully saturated rings. The molecule has 1 aliphatic carbocycles. The first kappa shape index (κ1) is 10.0. The quantitative estimate of drug-likeness (QED) is 0.723. The second kappa shape index (κ2) is 4.35. The van der Waals surface area contributed by atoms with Gasteiger partial charge in [0.1, 0.15) is 0 Å². The molecule has 1 unspecified atom stereocenters. The van der Waals surface area contributed by atoms with Crippen LogP contribution in [0.4, 0.5) is 5.69 Å². The molecular weight excluding hydrogens is 182 g/mol. The number of benzene rings is 1. The summed E-state index contributed by atoms with van der Waals surface area (Å²) in [5, 5.41) is 0. The number of anilines is 1. The van der Waals surface area contributed by atoms with Crippen molar-refractivity contribution >= 4 is 11.3 Å². The Labute approximate surface area is 91.3 Å². The van der Waals surface area contributed by atoms with Crippen molar-refractivity contribution in [2.75, 3.05) is 5.73 Å². The summed E-state index contributed by atoms with van der Waals surface area (Å²) in [6, 6.07) is 8.07.